The third-order valence-electron chi connectivity index (χ3n) is 9.45. The fourth-order valence-corrected chi connectivity index (χ4v) is 6.61. The highest BCUT2D eigenvalue weighted by atomic mass is 127. The Bertz CT molecular complexity index is 1590. The van der Waals surface area contributed by atoms with Crippen LogP contribution in [0.4, 0.5) is 5.69 Å². The first-order valence-electron chi connectivity index (χ1n) is 16.1. The van der Waals surface area contributed by atoms with E-state index >= 15 is 0 Å². The number of Topliss-reactive ketones (excluding diaryl/α,β-unsaturated/α-hetero) is 1. The molecule has 0 spiro atoms. The Morgan fingerprint density at radius 2 is 1.57 bits per heavy atom. The highest BCUT2D eigenvalue weighted by molar-refractivity contribution is 6.31. The summed E-state index contributed by atoms with van der Waals surface area (Å²) in [7, 11) is 4.43. The van der Waals surface area contributed by atoms with Gasteiger partial charge < -0.3 is 44.0 Å². The molecule has 250 valence electrons. The zero-order valence-electron chi connectivity index (χ0n) is 27.3. The van der Waals surface area contributed by atoms with Crippen molar-refractivity contribution in [2.75, 3.05) is 32.5 Å². The summed E-state index contributed by atoms with van der Waals surface area (Å²) in [6, 6.07) is 20.4. The summed E-state index contributed by atoms with van der Waals surface area (Å²) in [5.41, 5.74) is 3.98. The molecule has 0 bridgehead atoms. The van der Waals surface area contributed by atoms with Gasteiger partial charge in [-0.3, -0.25) is 19.2 Å². The maximum atomic E-state index is 14.1. The van der Waals surface area contributed by atoms with Crippen molar-refractivity contribution in [1.29, 1.82) is 0 Å². The zero-order valence-corrected chi connectivity index (χ0v) is 30.2. The summed E-state index contributed by atoms with van der Waals surface area (Å²) in [6.07, 6.45) is 2.81. The minimum atomic E-state index is -0.802. The number of quaternary nitrogens is 1. The number of fused-ring (bicyclic) bond motifs is 1. The molecule has 2 N–H and O–H groups in total. The number of nitrogens with one attached hydrogen (secondary N) is 2. The van der Waals surface area contributed by atoms with Crippen LogP contribution < -0.4 is 34.6 Å². The number of hydrogen-bond donors (Lipinski definition) is 2. The van der Waals surface area contributed by atoms with E-state index in [4.69, 9.17) is 11.6 Å². The van der Waals surface area contributed by atoms with Gasteiger partial charge in [-0.15, -0.1) is 0 Å². The van der Waals surface area contributed by atoms with Crippen molar-refractivity contribution >= 4 is 40.8 Å². The van der Waals surface area contributed by atoms with Crippen LogP contribution in [-0.4, -0.2) is 72.2 Å². The van der Waals surface area contributed by atoms with Crippen molar-refractivity contribution in [3.05, 3.63) is 100 Å². The Hall–Kier alpha value is -3.28. The van der Waals surface area contributed by atoms with Gasteiger partial charge in [0.25, 0.3) is 0 Å². The van der Waals surface area contributed by atoms with Gasteiger partial charge in [-0.2, -0.15) is 0 Å². The lowest BCUT2D eigenvalue weighted by molar-refractivity contribution is -0.896. The quantitative estimate of drug-likeness (QED) is 0.189. The number of halogens is 2. The van der Waals surface area contributed by atoms with Crippen LogP contribution in [0.5, 0.6) is 0 Å². The molecule has 8 nitrogen and oxygen atoms in total. The summed E-state index contributed by atoms with van der Waals surface area (Å²) in [5, 5.41) is 6.66. The Kier molecular flexibility index (Phi) is 12.6. The molecule has 2 heterocycles. The topological polar surface area (TPSA) is 95.6 Å². The Morgan fingerprint density at radius 1 is 0.915 bits per heavy atom. The molecule has 1 saturated heterocycles. The second kappa shape index (κ2) is 16.2. The van der Waals surface area contributed by atoms with Gasteiger partial charge in [-0.05, 0) is 67.0 Å². The average molecular weight is 771 g/mol. The van der Waals surface area contributed by atoms with E-state index in [0.29, 0.717) is 29.1 Å². The summed E-state index contributed by atoms with van der Waals surface area (Å²) in [5.74, 6) is -0.754. The number of carbonyl (C=O) groups is 4. The van der Waals surface area contributed by atoms with E-state index in [-0.39, 0.29) is 72.8 Å². The molecule has 5 rings (SSSR count). The largest absolute Gasteiger partial charge is 1.00 e. The van der Waals surface area contributed by atoms with E-state index in [1.807, 2.05) is 43.3 Å². The average Bonchev–Trinajstić information content (AvgIpc) is 3.05. The maximum absolute atomic E-state index is 14.1. The molecule has 0 saturated carbocycles. The van der Waals surface area contributed by atoms with Crippen molar-refractivity contribution < 1.29 is 47.6 Å². The SMILES string of the molecule is Cc1cc(NC(=O)[C@H](CC2CC[N+](C)(C)CC2)NC(=O)[C@@H]2Cc3ccccc3CN2C(=O)CCC(=O)c2ccccc2)ccc1Cl.[I-]. The molecule has 10 heteroatoms. The lowest BCUT2D eigenvalue weighted by Crippen LogP contribution is -3.00. The summed E-state index contributed by atoms with van der Waals surface area (Å²) < 4.78 is 0.940. The number of piperidine rings is 1. The molecule has 2 aliphatic rings. The van der Waals surface area contributed by atoms with Crippen molar-refractivity contribution in [2.45, 2.75) is 64.1 Å². The normalized spacial score (nSPS) is 17.9. The van der Waals surface area contributed by atoms with E-state index in [1.54, 1.807) is 41.3 Å². The number of likely N-dealkylation sites (tertiary alicyclic amines) is 1. The maximum Gasteiger partial charge on any atom is 0.246 e. The smallest absolute Gasteiger partial charge is 0.246 e. The molecule has 2 atom stereocenters. The van der Waals surface area contributed by atoms with Gasteiger partial charge in [-0.25, -0.2) is 0 Å². The van der Waals surface area contributed by atoms with Crippen molar-refractivity contribution in [3.8, 4) is 0 Å². The molecular weight excluding hydrogens is 727 g/mol. The van der Waals surface area contributed by atoms with E-state index in [9.17, 15) is 19.2 Å². The van der Waals surface area contributed by atoms with Crippen LogP contribution in [0.25, 0.3) is 0 Å². The minimum absolute atomic E-state index is 0. The van der Waals surface area contributed by atoms with E-state index in [2.05, 4.69) is 24.7 Å². The molecule has 1 fully saturated rings. The number of aryl methyl sites for hydroxylation is 1. The predicted octanol–water partition coefficient (Wildman–Crippen LogP) is 2.57. The number of carbonyl (C=O) groups excluding carboxylic acids is 4. The second-order valence-corrected chi connectivity index (χ2v) is 13.8. The molecule has 0 aliphatic carbocycles. The van der Waals surface area contributed by atoms with Crippen LogP contribution in [0.1, 0.15) is 59.2 Å². The molecular formula is C37H44ClIN4O4. The van der Waals surface area contributed by atoms with E-state index in [1.165, 1.54) is 0 Å². The van der Waals surface area contributed by atoms with Gasteiger partial charge in [-0.1, -0.05) is 66.2 Å². The first-order chi connectivity index (χ1) is 22.0. The number of anilines is 1. The monoisotopic (exact) mass is 770 g/mol. The van der Waals surface area contributed by atoms with Crippen LogP contribution in [0.3, 0.4) is 0 Å². The summed E-state index contributed by atoms with van der Waals surface area (Å²) in [6.45, 7) is 4.15. The number of nitrogens with zero attached hydrogens (tertiary/aromatic N) is 2. The molecule has 0 aromatic heterocycles. The number of amides is 3. The third-order valence-corrected chi connectivity index (χ3v) is 9.87. The Morgan fingerprint density at radius 3 is 2.26 bits per heavy atom. The molecule has 3 aromatic carbocycles. The van der Waals surface area contributed by atoms with E-state index < -0.39 is 12.1 Å². The number of benzene rings is 3. The van der Waals surface area contributed by atoms with Gasteiger partial charge in [0.2, 0.25) is 17.7 Å². The highest BCUT2D eigenvalue weighted by Gasteiger charge is 2.37. The first-order valence-corrected chi connectivity index (χ1v) is 16.5. The predicted molar refractivity (Wildman–Crippen MR) is 180 cm³/mol. The second-order valence-electron chi connectivity index (χ2n) is 13.4. The van der Waals surface area contributed by atoms with Crippen molar-refractivity contribution in [1.82, 2.24) is 10.2 Å². The van der Waals surface area contributed by atoms with Crippen LogP contribution >= 0.6 is 11.6 Å². The standard InChI is InChI=1S/C37H43ClN4O4.HI/c1-25-21-30(13-14-31(25)38)39-36(45)32(22-26-17-19-42(2,3)20-18-26)40-37(46)33-23-28-11-7-8-12-29(28)24-41(33)35(44)16-15-34(43)27-9-5-4-6-10-27;/h4-14,21,26,32-33H,15-20,22-24H2,1-3H3,(H-,39,40,45,46);1H/t32-,33-;/m0./s1. The zero-order chi connectivity index (χ0) is 32.8. The molecule has 2 aliphatic heterocycles. The van der Waals surface area contributed by atoms with Gasteiger partial charge in [0.15, 0.2) is 5.78 Å². The molecule has 3 aromatic rings. The van der Waals surface area contributed by atoms with Crippen molar-refractivity contribution in [2.24, 2.45) is 5.92 Å². The van der Waals surface area contributed by atoms with Crippen LogP contribution in [0.15, 0.2) is 72.8 Å². The summed E-state index contributed by atoms with van der Waals surface area (Å²) in [4.78, 5) is 55.9. The third kappa shape index (κ3) is 9.64. The lowest BCUT2D eigenvalue weighted by atomic mass is 9.88. The minimum Gasteiger partial charge on any atom is -1.00 e. The Balaban J connectivity index is 0.00000500. The molecule has 47 heavy (non-hydrogen) atoms. The summed E-state index contributed by atoms with van der Waals surface area (Å²) >= 11 is 6.21. The molecule has 0 radical (unpaired) electrons. The van der Waals surface area contributed by atoms with Crippen LogP contribution in [0, 0.1) is 12.8 Å². The molecule has 3 amide bonds. The lowest BCUT2D eigenvalue weighted by Gasteiger charge is -2.39. The number of hydrogen-bond acceptors (Lipinski definition) is 4. The van der Waals surface area contributed by atoms with Crippen LogP contribution in [0.2, 0.25) is 5.02 Å². The van der Waals surface area contributed by atoms with Crippen LogP contribution in [-0.2, 0) is 27.3 Å². The van der Waals surface area contributed by atoms with Gasteiger partial charge in [0.05, 0.1) is 27.2 Å². The van der Waals surface area contributed by atoms with Gasteiger partial charge in [0, 0.05) is 42.1 Å². The van der Waals surface area contributed by atoms with Gasteiger partial charge >= 0.3 is 0 Å². The van der Waals surface area contributed by atoms with E-state index in [0.717, 1.165) is 47.1 Å². The van der Waals surface area contributed by atoms with Crippen molar-refractivity contribution in [3.63, 3.8) is 0 Å². The fourth-order valence-electron chi connectivity index (χ4n) is 6.49. The van der Waals surface area contributed by atoms with Gasteiger partial charge in [0.1, 0.15) is 12.1 Å². The fraction of sp³-hybridized carbons (Fsp3) is 0.405. The number of ketones is 1. The first kappa shape index (κ1) is 36.6. The molecule has 0 unspecified atom stereocenters. The number of rotatable bonds is 10. The Labute approximate surface area is 299 Å². The highest BCUT2D eigenvalue weighted by Crippen LogP contribution is 2.28.